The summed E-state index contributed by atoms with van der Waals surface area (Å²) in [7, 11) is 0. The van der Waals surface area contributed by atoms with Crippen LogP contribution in [0.1, 0.15) is 27.4 Å². The van der Waals surface area contributed by atoms with E-state index < -0.39 is 0 Å². The number of carbonyl (C=O) groups is 1. The first-order chi connectivity index (χ1) is 11.7. The van der Waals surface area contributed by atoms with Crippen molar-refractivity contribution in [3.63, 3.8) is 0 Å². The number of amides is 1. The SMILES string of the molecule is Cc1nc(-c2ccc(C(=O)N3CCc4ccccc4C3)cc2)no1. The van der Waals surface area contributed by atoms with Crippen molar-refractivity contribution in [1.29, 1.82) is 0 Å². The van der Waals surface area contributed by atoms with Crippen LogP contribution in [0.2, 0.25) is 0 Å². The Hall–Kier alpha value is -2.95. The van der Waals surface area contributed by atoms with Crippen LogP contribution < -0.4 is 0 Å². The summed E-state index contributed by atoms with van der Waals surface area (Å²) in [4.78, 5) is 18.8. The molecule has 0 spiro atoms. The summed E-state index contributed by atoms with van der Waals surface area (Å²) in [5.74, 6) is 1.12. The summed E-state index contributed by atoms with van der Waals surface area (Å²) in [6, 6.07) is 15.7. The Morgan fingerprint density at radius 2 is 1.83 bits per heavy atom. The highest BCUT2D eigenvalue weighted by Crippen LogP contribution is 2.22. The van der Waals surface area contributed by atoms with E-state index in [0.29, 0.717) is 23.8 Å². The van der Waals surface area contributed by atoms with Gasteiger partial charge in [0.05, 0.1) is 0 Å². The van der Waals surface area contributed by atoms with E-state index in [4.69, 9.17) is 4.52 Å². The normalized spacial score (nSPS) is 13.6. The third-order valence-corrected chi connectivity index (χ3v) is 4.34. The molecule has 4 rings (SSSR count). The maximum Gasteiger partial charge on any atom is 0.254 e. The standard InChI is InChI=1S/C19H17N3O2/c1-13-20-18(21-24-13)15-6-8-16(9-7-15)19(23)22-11-10-14-4-2-3-5-17(14)12-22/h2-9H,10-12H2,1H3. The van der Waals surface area contributed by atoms with Crippen molar-refractivity contribution in [2.75, 3.05) is 6.54 Å². The van der Waals surface area contributed by atoms with Gasteiger partial charge < -0.3 is 9.42 Å². The molecule has 0 unspecified atom stereocenters. The number of rotatable bonds is 2. The maximum atomic E-state index is 12.7. The zero-order valence-corrected chi connectivity index (χ0v) is 13.4. The number of benzene rings is 2. The molecule has 0 fully saturated rings. The van der Waals surface area contributed by atoms with Crippen molar-refractivity contribution in [2.45, 2.75) is 19.9 Å². The molecule has 0 aliphatic carbocycles. The van der Waals surface area contributed by atoms with Crippen molar-refractivity contribution in [3.05, 3.63) is 71.1 Å². The molecule has 3 aromatic rings. The zero-order valence-electron chi connectivity index (χ0n) is 13.4. The van der Waals surface area contributed by atoms with E-state index >= 15 is 0 Å². The summed E-state index contributed by atoms with van der Waals surface area (Å²) in [6.45, 7) is 3.17. The Labute approximate surface area is 139 Å². The number of hydrogen-bond acceptors (Lipinski definition) is 4. The van der Waals surface area contributed by atoms with Gasteiger partial charge in [-0.1, -0.05) is 41.6 Å². The first kappa shape index (κ1) is 14.6. The second kappa shape index (κ2) is 5.92. The lowest BCUT2D eigenvalue weighted by atomic mass is 9.99. The first-order valence-corrected chi connectivity index (χ1v) is 7.97. The summed E-state index contributed by atoms with van der Waals surface area (Å²) >= 11 is 0. The van der Waals surface area contributed by atoms with Gasteiger partial charge in [-0.05, 0) is 29.7 Å². The Balaban J connectivity index is 1.53. The fourth-order valence-electron chi connectivity index (χ4n) is 3.03. The van der Waals surface area contributed by atoms with Crippen molar-refractivity contribution < 1.29 is 9.32 Å². The van der Waals surface area contributed by atoms with E-state index in [-0.39, 0.29) is 5.91 Å². The van der Waals surface area contributed by atoms with Gasteiger partial charge in [0.15, 0.2) is 0 Å². The molecule has 0 radical (unpaired) electrons. The molecule has 1 aliphatic heterocycles. The predicted molar refractivity (Wildman–Crippen MR) is 89.4 cm³/mol. The van der Waals surface area contributed by atoms with E-state index in [1.165, 1.54) is 11.1 Å². The molecule has 120 valence electrons. The van der Waals surface area contributed by atoms with Crippen LogP contribution in [-0.4, -0.2) is 27.5 Å². The van der Waals surface area contributed by atoms with Gasteiger partial charge in [0.25, 0.3) is 5.91 Å². The van der Waals surface area contributed by atoms with Gasteiger partial charge in [0.2, 0.25) is 11.7 Å². The Morgan fingerprint density at radius 3 is 2.54 bits per heavy atom. The summed E-state index contributed by atoms with van der Waals surface area (Å²) in [5, 5.41) is 3.89. The Bertz CT molecular complexity index is 884. The largest absolute Gasteiger partial charge is 0.339 e. The highest BCUT2D eigenvalue weighted by atomic mass is 16.5. The molecule has 1 aliphatic rings. The molecule has 0 N–H and O–H groups in total. The number of fused-ring (bicyclic) bond motifs is 1. The summed E-state index contributed by atoms with van der Waals surface area (Å²) < 4.78 is 4.99. The third-order valence-electron chi connectivity index (χ3n) is 4.34. The smallest absolute Gasteiger partial charge is 0.254 e. The molecule has 2 aromatic carbocycles. The molecule has 0 saturated carbocycles. The number of aryl methyl sites for hydroxylation is 1. The second-order valence-corrected chi connectivity index (χ2v) is 5.96. The average molecular weight is 319 g/mol. The molecular formula is C19H17N3O2. The van der Waals surface area contributed by atoms with Crippen LogP contribution in [0.25, 0.3) is 11.4 Å². The number of hydrogen-bond donors (Lipinski definition) is 0. The van der Waals surface area contributed by atoms with Crippen LogP contribution >= 0.6 is 0 Å². The lowest BCUT2D eigenvalue weighted by molar-refractivity contribution is 0.0734. The predicted octanol–water partition coefficient (Wildman–Crippen LogP) is 3.24. The van der Waals surface area contributed by atoms with E-state index in [1.54, 1.807) is 6.92 Å². The first-order valence-electron chi connectivity index (χ1n) is 7.97. The van der Waals surface area contributed by atoms with Crippen LogP contribution in [-0.2, 0) is 13.0 Å². The van der Waals surface area contributed by atoms with Crippen molar-refractivity contribution in [2.24, 2.45) is 0 Å². The topological polar surface area (TPSA) is 59.2 Å². The highest BCUT2D eigenvalue weighted by molar-refractivity contribution is 5.94. The molecule has 2 heterocycles. The van der Waals surface area contributed by atoms with Crippen LogP contribution in [0.4, 0.5) is 0 Å². The van der Waals surface area contributed by atoms with E-state index in [1.807, 2.05) is 35.2 Å². The van der Waals surface area contributed by atoms with Gasteiger partial charge in [-0.2, -0.15) is 4.98 Å². The van der Waals surface area contributed by atoms with E-state index in [2.05, 4.69) is 28.3 Å². The summed E-state index contributed by atoms with van der Waals surface area (Å²) in [6.07, 6.45) is 0.905. The quantitative estimate of drug-likeness (QED) is 0.727. The second-order valence-electron chi connectivity index (χ2n) is 5.96. The monoisotopic (exact) mass is 319 g/mol. The van der Waals surface area contributed by atoms with Gasteiger partial charge in [-0.25, -0.2) is 0 Å². The van der Waals surface area contributed by atoms with Crippen molar-refractivity contribution in [3.8, 4) is 11.4 Å². The minimum atomic E-state index is 0.0559. The maximum absolute atomic E-state index is 12.7. The number of aromatic nitrogens is 2. The van der Waals surface area contributed by atoms with Crippen LogP contribution in [0.15, 0.2) is 53.1 Å². The lowest BCUT2D eigenvalue weighted by Gasteiger charge is -2.29. The van der Waals surface area contributed by atoms with Gasteiger partial charge in [-0.15, -0.1) is 0 Å². The van der Waals surface area contributed by atoms with E-state index in [0.717, 1.165) is 18.5 Å². The Kier molecular flexibility index (Phi) is 3.61. The number of carbonyl (C=O) groups excluding carboxylic acids is 1. The van der Waals surface area contributed by atoms with Gasteiger partial charge in [0, 0.05) is 31.1 Å². The molecule has 5 nitrogen and oxygen atoms in total. The number of nitrogens with zero attached hydrogens (tertiary/aromatic N) is 3. The molecule has 0 atom stereocenters. The van der Waals surface area contributed by atoms with Crippen LogP contribution in [0, 0.1) is 6.92 Å². The highest BCUT2D eigenvalue weighted by Gasteiger charge is 2.21. The van der Waals surface area contributed by atoms with Gasteiger partial charge in [0.1, 0.15) is 0 Å². The molecule has 24 heavy (non-hydrogen) atoms. The van der Waals surface area contributed by atoms with Crippen molar-refractivity contribution >= 4 is 5.91 Å². The van der Waals surface area contributed by atoms with E-state index in [9.17, 15) is 4.79 Å². The average Bonchev–Trinajstić information content (AvgIpc) is 3.07. The zero-order chi connectivity index (χ0) is 16.5. The minimum absolute atomic E-state index is 0.0559. The van der Waals surface area contributed by atoms with Gasteiger partial charge >= 0.3 is 0 Å². The fraction of sp³-hybridized carbons (Fsp3) is 0.211. The Morgan fingerprint density at radius 1 is 1.08 bits per heavy atom. The molecular weight excluding hydrogens is 302 g/mol. The molecule has 0 saturated heterocycles. The fourth-order valence-corrected chi connectivity index (χ4v) is 3.03. The van der Waals surface area contributed by atoms with Gasteiger partial charge in [-0.3, -0.25) is 4.79 Å². The van der Waals surface area contributed by atoms with Crippen molar-refractivity contribution in [1.82, 2.24) is 15.0 Å². The third kappa shape index (κ3) is 2.69. The minimum Gasteiger partial charge on any atom is -0.339 e. The van der Waals surface area contributed by atoms with Crippen LogP contribution in [0.5, 0.6) is 0 Å². The molecule has 0 bridgehead atoms. The van der Waals surface area contributed by atoms with Crippen LogP contribution in [0.3, 0.4) is 0 Å². The summed E-state index contributed by atoms with van der Waals surface area (Å²) in [5.41, 5.74) is 4.09. The lowest BCUT2D eigenvalue weighted by Crippen LogP contribution is -2.35. The molecule has 1 aromatic heterocycles. The molecule has 5 heteroatoms. The molecule has 1 amide bonds.